The Labute approximate surface area is 154 Å². The second-order valence-corrected chi connectivity index (χ2v) is 7.43. The summed E-state index contributed by atoms with van der Waals surface area (Å²) in [7, 11) is 1.55. The molecule has 138 valence electrons. The summed E-state index contributed by atoms with van der Waals surface area (Å²) >= 11 is 6.08. The van der Waals surface area contributed by atoms with Crippen LogP contribution >= 0.6 is 11.6 Å². The van der Waals surface area contributed by atoms with Gasteiger partial charge in [-0.15, -0.1) is 0 Å². The summed E-state index contributed by atoms with van der Waals surface area (Å²) in [5.41, 5.74) is 0.660. The molecule has 2 N–H and O–H groups in total. The van der Waals surface area contributed by atoms with Crippen molar-refractivity contribution >= 4 is 29.1 Å². The molecule has 0 radical (unpaired) electrons. The second-order valence-electron chi connectivity index (χ2n) is 7.03. The fourth-order valence-corrected chi connectivity index (χ4v) is 3.31. The summed E-state index contributed by atoms with van der Waals surface area (Å²) in [4.78, 5) is 24.6. The van der Waals surface area contributed by atoms with Gasteiger partial charge in [0.05, 0.1) is 12.1 Å². The zero-order valence-electron chi connectivity index (χ0n) is 15.1. The molecule has 0 spiro atoms. The number of anilines is 1. The molecule has 2 rings (SSSR count). The van der Waals surface area contributed by atoms with Crippen molar-refractivity contribution in [2.75, 3.05) is 19.0 Å². The molecular formula is C19H27ClN2O3. The van der Waals surface area contributed by atoms with Gasteiger partial charge in [-0.3, -0.25) is 9.59 Å². The first-order valence-corrected chi connectivity index (χ1v) is 9.20. The van der Waals surface area contributed by atoms with Crippen LogP contribution in [0.2, 0.25) is 5.02 Å². The maximum Gasteiger partial charge on any atom is 0.227 e. The van der Waals surface area contributed by atoms with E-state index in [0.29, 0.717) is 28.9 Å². The van der Waals surface area contributed by atoms with E-state index in [9.17, 15) is 9.59 Å². The second kappa shape index (κ2) is 9.09. The number of amides is 2. The highest BCUT2D eigenvalue weighted by molar-refractivity contribution is 6.32. The van der Waals surface area contributed by atoms with Crippen molar-refractivity contribution < 1.29 is 14.3 Å². The molecule has 25 heavy (non-hydrogen) atoms. The minimum Gasteiger partial charge on any atom is -0.495 e. The standard InChI is InChI=1S/C19H27ClN2O3/c1-12(2)11-21-18(23)13-4-6-14(7-5-13)19(24)22-15-8-9-17(25-3)16(20)10-15/h8-10,12-14H,4-7,11H2,1-3H3,(H,21,23)(H,22,24). The van der Waals surface area contributed by atoms with Crippen molar-refractivity contribution in [3.8, 4) is 5.75 Å². The van der Waals surface area contributed by atoms with Crippen LogP contribution in [0.4, 0.5) is 5.69 Å². The Kier molecular flexibility index (Phi) is 7.12. The number of halogens is 1. The summed E-state index contributed by atoms with van der Waals surface area (Å²) in [5, 5.41) is 6.36. The van der Waals surface area contributed by atoms with Crippen molar-refractivity contribution in [1.29, 1.82) is 0 Å². The van der Waals surface area contributed by atoms with Gasteiger partial charge in [-0.2, -0.15) is 0 Å². The molecule has 0 atom stereocenters. The fourth-order valence-electron chi connectivity index (χ4n) is 3.06. The molecule has 2 amide bonds. The number of nitrogens with one attached hydrogen (secondary N) is 2. The van der Waals surface area contributed by atoms with E-state index in [-0.39, 0.29) is 23.7 Å². The van der Waals surface area contributed by atoms with Gasteiger partial charge in [-0.05, 0) is 49.8 Å². The van der Waals surface area contributed by atoms with E-state index in [4.69, 9.17) is 16.3 Å². The first-order chi connectivity index (χ1) is 11.9. The van der Waals surface area contributed by atoms with Crippen molar-refractivity contribution in [1.82, 2.24) is 5.32 Å². The van der Waals surface area contributed by atoms with E-state index in [2.05, 4.69) is 24.5 Å². The van der Waals surface area contributed by atoms with E-state index in [1.807, 2.05) is 0 Å². The summed E-state index contributed by atoms with van der Waals surface area (Å²) in [6.07, 6.45) is 2.97. The van der Waals surface area contributed by atoms with E-state index in [1.54, 1.807) is 25.3 Å². The highest BCUT2D eigenvalue weighted by Crippen LogP contribution is 2.31. The topological polar surface area (TPSA) is 67.4 Å². The average Bonchev–Trinajstić information content (AvgIpc) is 2.60. The van der Waals surface area contributed by atoms with Crippen molar-refractivity contribution in [2.45, 2.75) is 39.5 Å². The van der Waals surface area contributed by atoms with Gasteiger partial charge in [0.1, 0.15) is 5.75 Å². The third-order valence-electron chi connectivity index (χ3n) is 4.57. The zero-order valence-corrected chi connectivity index (χ0v) is 15.9. The SMILES string of the molecule is COc1ccc(NC(=O)C2CCC(C(=O)NCC(C)C)CC2)cc1Cl. The smallest absolute Gasteiger partial charge is 0.227 e. The number of benzene rings is 1. The minimum atomic E-state index is -0.0602. The van der Waals surface area contributed by atoms with Crippen LogP contribution in [0.15, 0.2) is 18.2 Å². The van der Waals surface area contributed by atoms with Crippen molar-refractivity contribution in [3.63, 3.8) is 0 Å². The van der Waals surface area contributed by atoms with Gasteiger partial charge in [-0.25, -0.2) is 0 Å². The van der Waals surface area contributed by atoms with Crippen LogP contribution in [-0.2, 0) is 9.59 Å². The van der Waals surface area contributed by atoms with Crippen molar-refractivity contribution in [3.05, 3.63) is 23.2 Å². The summed E-state index contributed by atoms with van der Waals surface area (Å²) in [6, 6.07) is 5.19. The number of rotatable bonds is 6. The van der Waals surface area contributed by atoms with E-state index in [1.165, 1.54) is 0 Å². The van der Waals surface area contributed by atoms with Gasteiger partial charge in [0.2, 0.25) is 11.8 Å². The molecule has 0 aromatic heterocycles. The van der Waals surface area contributed by atoms with Crippen LogP contribution < -0.4 is 15.4 Å². The van der Waals surface area contributed by atoms with Gasteiger partial charge in [0.15, 0.2) is 0 Å². The molecule has 6 heteroatoms. The lowest BCUT2D eigenvalue weighted by Gasteiger charge is -2.27. The largest absolute Gasteiger partial charge is 0.495 e. The third-order valence-corrected chi connectivity index (χ3v) is 4.87. The Morgan fingerprint density at radius 3 is 2.28 bits per heavy atom. The number of hydrogen-bond acceptors (Lipinski definition) is 3. The first kappa shape index (κ1) is 19.6. The molecule has 0 bridgehead atoms. The maximum atomic E-state index is 12.4. The molecule has 1 aliphatic rings. The Hall–Kier alpha value is -1.75. The number of carbonyl (C=O) groups excluding carboxylic acids is 2. The summed E-state index contributed by atoms with van der Waals surface area (Å²) in [5.74, 6) is 1.10. The molecule has 0 unspecified atom stereocenters. The molecule has 1 saturated carbocycles. The lowest BCUT2D eigenvalue weighted by Crippen LogP contribution is -2.37. The molecule has 1 fully saturated rings. The predicted molar refractivity (Wildman–Crippen MR) is 99.9 cm³/mol. The Morgan fingerprint density at radius 2 is 1.76 bits per heavy atom. The van der Waals surface area contributed by atoms with Gasteiger partial charge in [-0.1, -0.05) is 25.4 Å². The number of ether oxygens (including phenoxy) is 1. The van der Waals surface area contributed by atoms with Crippen molar-refractivity contribution in [2.24, 2.45) is 17.8 Å². The zero-order chi connectivity index (χ0) is 18.4. The van der Waals surface area contributed by atoms with Gasteiger partial charge >= 0.3 is 0 Å². The fraction of sp³-hybridized carbons (Fsp3) is 0.579. The molecule has 0 heterocycles. The third kappa shape index (κ3) is 5.63. The van der Waals surface area contributed by atoms with Crippen LogP contribution in [0, 0.1) is 17.8 Å². The molecule has 5 nitrogen and oxygen atoms in total. The average molecular weight is 367 g/mol. The maximum absolute atomic E-state index is 12.4. The van der Waals surface area contributed by atoms with Crippen LogP contribution in [0.1, 0.15) is 39.5 Å². The molecule has 1 aliphatic carbocycles. The van der Waals surface area contributed by atoms with Gasteiger partial charge in [0, 0.05) is 24.1 Å². The lowest BCUT2D eigenvalue weighted by atomic mass is 9.81. The highest BCUT2D eigenvalue weighted by Gasteiger charge is 2.30. The van der Waals surface area contributed by atoms with E-state index < -0.39 is 0 Å². The number of carbonyl (C=O) groups is 2. The monoisotopic (exact) mass is 366 g/mol. The molecular weight excluding hydrogens is 340 g/mol. The Bertz CT molecular complexity index is 611. The van der Waals surface area contributed by atoms with Crippen LogP contribution in [-0.4, -0.2) is 25.5 Å². The van der Waals surface area contributed by atoms with E-state index >= 15 is 0 Å². The predicted octanol–water partition coefficient (Wildman–Crippen LogP) is 3.87. The van der Waals surface area contributed by atoms with E-state index in [0.717, 1.165) is 25.7 Å². The van der Waals surface area contributed by atoms with Crippen LogP contribution in [0.3, 0.4) is 0 Å². The molecule has 0 saturated heterocycles. The Morgan fingerprint density at radius 1 is 1.16 bits per heavy atom. The Balaban J connectivity index is 1.83. The summed E-state index contributed by atoms with van der Waals surface area (Å²) in [6.45, 7) is 4.86. The molecule has 0 aliphatic heterocycles. The van der Waals surface area contributed by atoms with Crippen LogP contribution in [0.25, 0.3) is 0 Å². The number of hydrogen-bond donors (Lipinski definition) is 2. The van der Waals surface area contributed by atoms with Gasteiger partial charge < -0.3 is 15.4 Å². The van der Waals surface area contributed by atoms with Crippen LogP contribution in [0.5, 0.6) is 5.75 Å². The first-order valence-electron chi connectivity index (χ1n) is 8.82. The highest BCUT2D eigenvalue weighted by atomic mass is 35.5. The normalized spacial score (nSPS) is 20.2. The summed E-state index contributed by atoms with van der Waals surface area (Å²) < 4.78 is 5.11. The van der Waals surface area contributed by atoms with Gasteiger partial charge in [0.25, 0.3) is 0 Å². The molecule has 1 aromatic carbocycles. The number of methoxy groups -OCH3 is 1. The lowest BCUT2D eigenvalue weighted by molar-refractivity contribution is -0.128. The quantitative estimate of drug-likeness (QED) is 0.803. The minimum absolute atomic E-state index is 0.0118. The molecule has 1 aromatic rings.